The lowest BCUT2D eigenvalue weighted by Gasteiger charge is -2.25. The zero-order valence-corrected chi connectivity index (χ0v) is 13.7. The van der Waals surface area contributed by atoms with Crippen molar-refractivity contribution in [1.29, 1.82) is 5.26 Å². The largest absolute Gasteiger partial charge is 0.297 e. The van der Waals surface area contributed by atoms with Crippen LogP contribution in [0.1, 0.15) is 33.1 Å². The Kier molecular flexibility index (Phi) is 4.94. The van der Waals surface area contributed by atoms with Gasteiger partial charge in [-0.15, -0.1) is 11.8 Å². The summed E-state index contributed by atoms with van der Waals surface area (Å²) in [5.41, 5.74) is -0.318. The molecular weight excluding hydrogens is 320 g/mol. The van der Waals surface area contributed by atoms with Crippen molar-refractivity contribution in [3.63, 3.8) is 0 Å². The number of nitrogens with zero attached hydrogens (tertiary/aromatic N) is 1. The Morgan fingerprint density at radius 2 is 2.11 bits per heavy atom. The van der Waals surface area contributed by atoms with Gasteiger partial charge in [-0.2, -0.15) is 5.26 Å². The zero-order valence-electron chi connectivity index (χ0n) is 11.3. The number of hydrogen-bond donors (Lipinski definition) is 1. The van der Waals surface area contributed by atoms with Crippen LogP contribution in [0.25, 0.3) is 0 Å². The molecule has 1 aliphatic rings. The highest BCUT2D eigenvalue weighted by Crippen LogP contribution is 2.40. The zero-order chi connectivity index (χ0) is 13.9. The third-order valence-electron chi connectivity index (χ3n) is 3.36. The van der Waals surface area contributed by atoms with E-state index in [2.05, 4.69) is 65.4 Å². The van der Waals surface area contributed by atoms with E-state index in [-0.39, 0.29) is 5.54 Å². The van der Waals surface area contributed by atoms with Crippen molar-refractivity contribution in [2.75, 3.05) is 0 Å². The van der Waals surface area contributed by atoms with Gasteiger partial charge in [0.15, 0.2) is 0 Å². The predicted molar refractivity (Wildman–Crippen MR) is 84.3 cm³/mol. The minimum Gasteiger partial charge on any atom is -0.297 e. The van der Waals surface area contributed by atoms with Crippen LogP contribution in [0.3, 0.4) is 0 Å². The molecule has 0 aliphatic heterocycles. The van der Waals surface area contributed by atoms with Crippen molar-refractivity contribution in [2.45, 2.75) is 54.8 Å². The Balaban J connectivity index is 1.98. The number of thioether (sulfide) groups is 1. The number of nitriles is 1. The van der Waals surface area contributed by atoms with Crippen molar-refractivity contribution in [3.05, 3.63) is 28.7 Å². The van der Waals surface area contributed by atoms with Crippen molar-refractivity contribution >= 4 is 27.7 Å². The van der Waals surface area contributed by atoms with E-state index < -0.39 is 0 Å². The molecule has 19 heavy (non-hydrogen) atoms. The quantitative estimate of drug-likeness (QED) is 0.886. The van der Waals surface area contributed by atoms with Gasteiger partial charge in [-0.05, 0) is 57.4 Å². The minimum atomic E-state index is -0.318. The van der Waals surface area contributed by atoms with Gasteiger partial charge in [-0.3, -0.25) is 5.32 Å². The average molecular weight is 339 g/mol. The molecule has 1 aromatic rings. The number of benzene rings is 1. The van der Waals surface area contributed by atoms with E-state index in [1.54, 1.807) is 0 Å². The van der Waals surface area contributed by atoms with Crippen LogP contribution in [0.2, 0.25) is 0 Å². The summed E-state index contributed by atoms with van der Waals surface area (Å²) in [6.07, 6.45) is 2.99. The molecule has 0 aromatic heterocycles. The van der Waals surface area contributed by atoms with Crippen LogP contribution in [0.15, 0.2) is 33.6 Å². The minimum absolute atomic E-state index is 0.318. The van der Waals surface area contributed by atoms with Crippen molar-refractivity contribution in [2.24, 2.45) is 0 Å². The summed E-state index contributed by atoms with van der Waals surface area (Å²) < 4.78 is 1.11. The van der Waals surface area contributed by atoms with Crippen LogP contribution < -0.4 is 5.32 Å². The fourth-order valence-electron chi connectivity index (χ4n) is 2.62. The molecule has 0 amide bonds. The van der Waals surface area contributed by atoms with E-state index in [0.717, 1.165) is 23.7 Å². The van der Waals surface area contributed by atoms with Crippen LogP contribution in [0.4, 0.5) is 0 Å². The summed E-state index contributed by atoms with van der Waals surface area (Å²) >= 11 is 5.34. The van der Waals surface area contributed by atoms with Crippen molar-refractivity contribution in [3.8, 4) is 6.07 Å². The second kappa shape index (κ2) is 6.30. The SMILES string of the molecule is CC(C)NC1(C#N)CCC(Sc2ccc(Br)cc2)C1. The Labute approximate surface area is 128 Å². The van der Waals surface area contributed by atoms with E-state index in [1.165, 1.54) is 4.90 Å². The van der Waals surface area contributed by atoms with Gasteiger partial charge >= 0.3 is 0 Å². The van der Waals surface area contributed by atoms with Crippen molar-refractivity contribution < 1.29 is 0 Å². The Hall–Kier alpha value is -0.500. The highest BCUT2D eigenvalue weighted by molar-refractivity contribution is 9.10. The first-order valence-electron chi connectivity index (χ1n) is 6.64. The molecule has 2 atom stereocenters. The lowest BCUT2D eigenvalue weighted by Crippen LogP contribution is -2.45. The lowest BCUT2D eigenvalue weighted by atomic mass is 9.99. The first-order chi connectivity index (χ1) is 9.03. The van der Waals surface area contributed by atoms with E-state index in [1.807, 2.05) is 11.8 Å². The molecule has 2 nitrogen and oxygen atoms in total. The molecule has 1 saturated carbocycles. The molecule has 1 aromatic carbocycles. The smallest absolute Gasteiger partial charge is 0.108 e. The summed E-state index contributed by atoms with van der Waals surface area (Å²) in [6, 6.07) is 11.3. The predicted octanol–water partition coefficient (Wildman–Crippen LogP) is 4.35. The first kappa shape index (κ1) is 14.9. The summed E-state index contributed by atoms with van der Waals surface area (Å²) in [5.74, 6) is 0. The Bertz CT molecular complexity index is 466. The van der Waals surface area contributed by atoms with Gasteiger partial charge in [-0.1, -0.05) is 15.9 Å². The molecular formula is C15H19BrN2S. The fourth-order valence-corrected chi connectivity index (χ4v) is 4.17. The Morgan fingerprint density at radius 1 is 1.42 bits per heavy atom. The fraction of sp³-hybridized carbons (Fsp3) is 0.533. The highest BCUT2D eigenvalue weighted by Gasteiger charge is 2.39. The molecule has 2 rings (SSSR count). The third-order valence-corrected chi connectivity index (χ3v) is 5.17. The maximum Gasteiger partial charge on any atom is 0.108 e. The molecule has 1 aliphatic carbocycles. The summed E-state index contributed by atoms with van der Waals surface area (Å²) in [6.45, 7) is 4.21. The monoisotopic (exact) mass is 338 g/mol. The second-order valence-corrected chi connectivity index (χ2v) is 7.72. The standard InChI is InChI=1S/C15H19BrN2S/c1-11(2)18-15(10-17)8-7-14(9-15)19-13-5-3-12(16)4-6-13/h3-6,11,14,18H,7-9H2,1-2H3. The molecule has 102 valence electrons. The summed E-state index contributed by atoms with van der Waals surface area (Å²) in [7, 11) is 0. The molecule has 1 fully saturated rings. The van der Waals surface area contributed by atoms with Gasteiger partial charge in [0, 0.05) is 20.7 Å². The number of hydrogen-bond acceptors (Lipinski definition) is 3. The first-order valence-corrected chi connectivity index (χ1v) is 8.31. The number of nitrogens with one attached hydrogen (secondary N) is 1. The highest BCUT2D eigenvalue weighted by atomic mass is 79.9. The average Bonchev–Trinajstić information content (AvgIpc) is 2.75. The molecule has 4 heteroatoms. The van der Waals surface area contributed by atoms with Crippen LogP contribution in [0.5, 0.6) is 0 Å². The van der Waals surface area contributed by atoms with Crippen molar-refractivity contribution in [1.82, 2.24) is 5.32 Å². The summed E-state index contributed by atoms with van der Waals surface area (Å²) in [4.78, 5) is 1.28. The Morgan fingerprint density at radius 3 is 2.68 bits per heavy atom. The lowest BCUT2D eigenvalue weighted by molar-refractivity contribution is 0.386. The van der Waals surface area contributed by atoms with Gasteiger partial charge in [-0.25, -0.2) is 0 Å². The van der Waals surface area contributed by atoms with Gasteiger partial charge in [0.1, 0.15) is 5.54 Å². The molecule has 0 bridgehead atoms. The molecule has 2 unspecified atom stereocenters. The van der Waals surface area contributed by atoms with E-state index in [0.29, 0.717) is 11.3 Å². The molecule has 0 radical (unpaired) electrons. The maximum atomic E-state index is 9.46. The third kappa shape index (κ3) is 3.98. The molecule has 1 N–H and O–H groups in total. The second-order valence-electron chi connectivity index (χ2n) is 5.43. The topological polar surface area (TPSA) is 35.8 Å². The maximum absolute atomic E-state index is 9.46. The number of rotatable bonds is 4. The molecule has 0 heterocycles. The van der Waals surface area contributed by atoms with E-state index in [4.69, 9.17) is 0 Å². The van der Waals surface area contributed by atoms with Gasteiger partial charge in [0.25, 0.3) is 0 Å². The van der Waals surface area contributed by atoms with Crippen LogP contribution in [0, 0.1) is 11.3 Å². The van der Waals surface area contributed by atoms with Crippen LogP contribution >= 0.6 is 27.7 Å². The van der Waals surface area contributed by atoms with E-state index >= 15 is 0 Å². The van der Waals surface area contributed by atoms with E-state index in [9.17, 15) is 5.26 Å². The number of halogens is 1. The molecule has 0 saturated heterocycles. The van der Waals surface area contributed by atoms with Gasteiger partial charge in [0.05, 0.1) is 6.07 Å². The van der Waals surface area contributed by atoms with Gasteiger partial charge in [0.2, 0.25) is 0 Å². The van der Waals surface area contributed by atoms with Crippen LogP contribution in [-0.4, -0.2) is 16.8 Å². The van der Waals surface area contributed by atoms with Crippen LogP contribution in [-0.2, 0) is 0 Å². The molecule has 0 spiro atoms. The normalized spacial score (nSPS) is 26.6. The van der Waals surface area contributed by atoms with Gasteiger partial charge < -0.3 is 0 Å². The summed E-state index contributed by atoms with van der Waals surface area (Å²) in [5, 5.41) is 13.4.